The highest BCUT2D eigenvalue weighted by Gasteiger charge is 2.41. The second kappa shape index (κ2) is 6.58. The Balaban J connectivity index is 1.84. The average molecular weight is 423 g/mol. The zero-order chi connectivity index (χ0) is 20.3. The van der Waals surface area contributed by atoms with Crippen LogP contribution in [0.5, 0.6) is 0 Å². The number of aromatic nitrogens is 1. The summed E-state index contributed by atoms with van der Waals surface area (Å²) < 4.78 is 0. The average Bonchev–Trinajstić information content (AvgIpc) is 2.65. The van der Waals surface area contributed by atoms with E-state index in [1.807, 2.05) is 24.3 Å². The molecule has 1 aromatic heterocycles. The van der Waals surface area contributed by atoms with Crippen LogP contribution in [0.2, 0.25) is 10.0 Å². The molecule has 5 heteroatoms. The Morgan fingerprint density at radius 2 is 1.93 bits per heavy atom. The third-order valence-corrected chi connectivity index (χ3v) is 6.45. The summed E-state index contributed by atoms with van der Waals surface area (Å²) in [6.07, 6.45) is 3.13. The van der Waals surface area contributed by atoms with Crippen molar-refractivity contribution >= 4 is 45.6 Å². The monoisotopic (exact) mass is 422 g/mol. The zero-order valence-electron chi connectivity index (χ0n) is 16.2. The molecule has 2 heterocycles. The summed E-state index contributed by atoms with van der Waals surface area (Å²) in [7, 11) is 0. The maximum Gasteiger partial charge on any atom is 0.162 e. The van der Waals surface area contributed by atoms with Crippen molar-refractivity contribution in [3.8, 4) is 0 Å². The van der Waals surface area contributed by atoms with Crippen molar-refractivity contribution in [2.75, 3.05) is 5.32 Å². The molecule has 3 aromatic rings. The molecule has 1 N–H and O–H groups in total. The maximum atomic E-state index is 13.4. The van der Waals surface area contributed by atoms with Gasteiger partial charge in [-0.15, -0.1) is 0 Å². The molecule has 29 heavy (non-hydrogen) atoms. The minimum atomic E-state index is -0.248. The van der Waals surface area contributed by atoms with E-state index in [0.717, 1.165) is 45.4 Å². The Labute approximate surface area is 179 Å². The Kier molecular flexibility index (Phi) is 4.23. The van der Waals surface area contributed by atoms with Gasteiger partial charge in [-0.3, -0.25) is 9.78 Å². The molecule has 1 atom stereocenters. The molecule has 0 fully saturated rings. The fourth-order valence-corrected chi connectivity index (χ4v) is 5.25. The van der Waals surface area contributed by atoms with E-state index in [2.05, 4.69) is 36.3 Å². The normalized spacial score (nSPS) is 20.3. The fourth-order valence-electron chi connectivity index (χ4n) is 4.73. The van der Waals surface area contributed by atoms with E-state index in [-0.39, 0.29) is 17.1 Å². The van der Waals surface area contributed by atoms with Crippen LogP contribution >= 0.6 is 23.2 Å². The standard InChI is InChI=1S/C24H20Cl2N2O/c1-24(2)11-19-23(20(29)12-24)22(14-6-5-13(25)10-16(14)26)21-15-4-3-9-27-17(15)7-8-18(21)28-19/h3-10,22,28H,11-12H2,1-2H3/t22-/m1/s1. The molecule has 0 saturated carbocycles. The number of hydrogen-bond acceptors (Lipinski definition) is 3. The Bertz CT molecular complexity index is 1210. The van der Waals surface area contributed by atoms with Crippen LogP contribution in [0.15, 0.2) is 59.9 Å². The SMILES string of the molecule is CC1(C)CC(=O)C2=C(C1)Nc1ccc3ncccc3c1[C@H]2c1ccc(Cl)cc1Cl. The van der Waals surface area contributed by atoms with Gasteiger partial charge in [-0.25, -0.2) is 0 Å². The van der Waals surface area contributed by atoms with Crippen molar-refractivity contribution in [3.63, 3.8) is 0 Å². The number of allylic oxidation sites excluding steroid dienone is 2. The third kappa shape index (κ3) is 3.04. The summed E-state index contributed by atoms with van der Waals surface area (Å²) in [6.45, 7) is 4.28. The van der Waals surface area contributed by atoms with Crippen LogP contribution < -0.4 is 5.32 Å². The topological polar surface area (TPSA) is 42.0 Å². The highest BCUT2D eigenvalue weighted by molar-refractivity contribution is 6.35. The van der Waals surface area contributed by atoms with Gasteiger partial charge in [0.1, 0.15) is 0 Å². The molecular weight excluding hydrogens is 403 g/mol. The van der Waals surface area contributed by atoms with E-state index in [4.69, 9.17) is 23.2 Å². The first-order chi connectivity index (χ1) is 13.8. The number of carbonyl (C=O) groups is 1. The number of anilines is 1. The molecule has 0 bridgehead atoms. The largest absolute Gasteiger partial charge is 0.358 e. The van der Waals surface area contributed by atoms with Crippen molar-refractivity contribution in [2.45, 2.75) is 32.6 Å². The van der Waals surface area contributed by atoms with E-state index in [1.165, 1.54) is 0 Å². The lowest BCUT2D eigenvalue weighted by Gasteiger charge is -2.40. The molecule has 0 spiro atoms. The lowest BCUT2D eigenvalue weighted by Crippen LogP contribution is -2.34. The predicted octanol–water partition coefficient (Wildman–Crippen LogP) is 6.74. The molecule has 146 valence electrons. The molecule has 2 aromatic carbocycles. The first kappa shape index (κ1) is 18.7. The number of nitrogens with one attached hydrogen (secondary N) is 1. The van der Waals surface area contributed by atoms with E-state index in [9.17, 15) is 4.79 Å². The summed E-state index contributed by atoms with van der Waals surface area (Å²) in [4.78, 5) is 17.9. The predicted molar refractivity (Wildman–Crippen MR) is 119 cm³/mol. The number of rotatable bonds is 1. The second-order valence-electron chi connectivity index (χ2n) is 8.65. The summed E-state index contributed by atoms with van der Waals surface area (Å²) >= 11 is 12.8. The van der Waals surface area contributed by atoms with Crippen molar-refractivity contribution < 1.29 is 4.79 Å². The van der Waals surface area contributed by atoms with Crippen molar-refractivity contribution in [3.05, 3.63) is 81.1 Å². The number of carbonyl (C=O) groups excluding carboxylic acids is 1. The van der Waals surface area contributed by atoms with Gasteiger partial charge in [-0.2, -0.15) is 0 Å². The van der Waals surface area contributed by atoms with Gasteiger partial charge in [0.05, 0.1) is 5.52 Å². The molecular formula is C24H20Cl2N2O. The quantitative estimate of drug-likeness (QED) is 0.471. The fraction of sp³-hybridized carbons (Fsp3) is 0.250. The van der Waals surface area contributed by atoms with Crippen LogP contribution in [0, 0.1) is 5.41 Å². The molecule has 3 nitrogen and oxygen atoms in total. The smallest absolute Gasteiger partial charge is 0.162 e. The first-order valence-electron chi connectivity index (χ1n) is 9.70. The van der Waals surface area contributed by atoms with Crippen molar-refractivity contribution in [1.82, 2.24) is 4.98 Å². The molecule has 0 saturated heterocycles. The molecule has 0 unspecified atom stereocenters. The van der Waals surface area contributed by atoms with Crippen LogP contribution in [0.3, 0.4) is 0 Å². The van der Waals surface area contributed by atoms with Crippen LogP contribution in [0.4, 0.5) is 5.69 Å². The molecule has 0 radical (unpaired) electrons. The number of fused-ring (bicyclic) bond motifs is 3. The lowest BCUT2D eigenvalue weighted by molar-refractivity contribution is -0.118. The third-order valence-electron chi connectivity index (χ3n) is 5.88. The lowest BCUT2D eigenvalue weighted by atomic mass is 9.68. The highest BCUT2D eigenvalue weighted by Crippen LogP contribution is 2.51. The number of pyridine rings is 1. The number of benzene rings is 2. The number of nitrogens with zero attached hydrogens (tertiary/aromatic N) is 1. The molecule has 0 amide bonds. The van der Waals surface area contributed by atoms with Gasteiger partial charge in [-0.05, 0) is 53.3 Å². The minimum Gasteiger partial charge on any atom is -0.358 e. The van der Waals surface area contributed by atoms with E-state index in [1.54, 1.807) is 12.3 Å². The first-order valence-corrected chi connectivity index (χ1v) is 10.5. The van der Waals surface area contributed by atoms with Crippen molar-refractivity contribution in [1.29, 1.82) is 0 Å². The van der Waals surface area contributed by atoms with Gasteiger partial charge in [0.15, 0.2) is 5.78 Å². The van der Waals surface area contributed by atoms with Gasteiger partial charge in [0, 0.05) is 50.9 Å². The summed E-state index contributed by atoms with van der Waals surface area (Å²) in [6, 6.07) is 13.6. The number of ketones is 1. The number of hydrogen-bond donors (Lipinski definition) is 1. The molecule has 1 aliphatic carbocycles. The van der Waals surface area contributed by atoms with Crippen LogP contribution in [-0.4, -0.2) is 10.8 Å². The van der Waals surface area contributed by atoms with E-state index >= 15 is 0 Å². The van der Waals surface area contributed by atoms with Gasteiger partial charge in [0.2, 0.25) is 0 Å². The number of halogens is 2. The highest BCUT2D eigenvalue weighted by atomic mass is 35.5. The molecule has 5 rings (SSSR count). The molecule has 1 aliphatic heterocycles. The zero-order valence-corrected chi connectivity index (χ0v) is 17.7. The minimum absolute atomic E-state index is 0.0762. The van der Waals surface area contributed by atoms with Gasteiger partial charge < -0.3 is 5.32 Å². The number of Topliss-reactive ketones (excluding diaryl/α,β-unsaturated/α-hetero) is 1. The Morgan fingerprint density at radius 1 is 1.10 bits per heavy atom. The van der Waals surface area contributed by atoms with E-state index in [0.29, 0.717) is 16.5 Å². The van der Waals surface area contributed by atoms with E-state index < -0.39 is 0 Å². The van der Waals surface area contributed by atoms with Crippen LogP contribution in [0.1, 0.15) is 43.7 Å². The van der Waals surface area contributed by atoms with Gasteiger partial charge >= 0.3 is 0 Å². The second-order valence-corrected chi connectivity index (χ2v) is 9.50. The summed E-state index contributed by atoms with van der Waals surface area (Å²) in [5.74, 6) is -0.0752. The Morgan fingerprint density at radius 3 is 2.72 bits per heavy atom. The van der Waals surface area contributed by atoms with Gasteiger partial charge in [0.25, 0.3) is 0 Å². The summed E-state index contributed by atoms with van der Waals surface area (Å²) in [5.41, 5.74) is 5.59. The molecule has 2 aliphatic rings. The van der Waals surface area contributed by atoms with Crippen LogP contribution in [-0.2, 0) is 4.79 Å². The maximum absolute atomic E-state index is 13.4. The Hall–Kier alpha value is -2.36. The van der Waals surface area contributed by atoms with Crippen molar-refractivity contribution in [2.24, 2.45) is 5.41 Å². The summed E-state index contributed by atoms with van der Waals surface area (Å²) in [5, 5.41) is 5.75. The van der Waals surface area contributed by atoms with Crippen LogP contribution in [0.25, 0.3) is 10.9 Å². The van der Waals surface area contributed by atoms with Gasteiger partial charge in [-0.1, -0.05) is 49.2 Å².